The Hall–Kier alpha value is -4.28. The summed E-state index contributed by atoms with van der Waals surface area (Å²) in [6.07, 6.45) is 5.08. The van der Waals surface area contributed by atoms with Crippen LogP contribution in [-0.4, -0.2) is 42.7 Å². The fraction of sp³-hybridized carbons (Fsp3) is 0.280. The third-order valence-corrected chi connectivity index (χ3v) is 6.17. The van der Waals surface area contributed by atoms with Crippen molar-refractivity contribution in [2.75, 3.05) is 7.11 Å². The third-order valence-electron chi connectivity index (χ3n) is 6.17. The number of fused-ring (bicyclic) bond motifs is 2. The van der Waals surface area contributed by atoms with Crippen LogP contribution in [0.4, 0.5) is 8.78 Å². The molecule has 0 amide bonds. The summed E-state index contributed by atoms with van der Waals surface area (Å²) in [4.78, 5) is 13.5. The molecule has 9 nitrogen and oxygen atoms in total. The second-order valence-electron chi connectivity index (χ2n) is 8.61. The summed E-state index contributed by atoms with van der Waals surface area (Å²) in [7, 11) is 1.57. The predicted octanol–water partition coefficient (Wildman–Crippen LogP) is 4.59. The molecule has 1 atom stereocenters. The molecule has 0 unspecified atom stereocenters. The molecule has 2 aliphatic rings. The summed E-state index contributed by atoms with van der Waals surface area (Å²) in [5.41, 5.74) is 2.96. The first-order valence-corrected chi connectivity index (χ1v) is 11.5. The van der Waals surface area contributed by atoms with Crippen LogP contribution in [0, 0.1) is 6.92 Å². The van der Waals surface area contributed by atoms with Gasteiger partial charge in [0, 0.05) is 24.2 Å². The predicted molar refractivity (Wildman–Crippen MR) is 125 cm³/mol. The first-order valence-electron chi connectivity index (χ1n) is 11.5. The van der Waals surface area contributed by atoms with E-state index in [9.17, 15) is 8.78 Å². The maximum Gasteiger partial charge on any atom is 0.586 e. The monoisotopic (exact) mass is 492 g/mol. The van der Waals surface area contributed by atoms with Gasteiger partial charge in [-0.3, -0.25) is 0 Å². The standard InChI is InChI=1S/C25H22F2N6O3/c1-15-13-32(14-28-15)19-10-8-16(29-24(19)34-2)9-11-21-30-23-18(6-4-12-33(23)31-21)17-5-3-7-20-22(17)36-25(26,27)35-20/h3,5,7-11,13-14,18H,4,6,12H2,1-2H3/t18-/m1/s1. The molecular formula is C25H22F2N6O3. The van der Waals surface area contributed by atoms with Crippen molar-refractivity contribution in [1.29, 1.82) is 0 Å². The Balaban J connectivity index is 1.28. The number of halogens is 2. The van der Waals surface area contributed by atoms with Crippen LogP contribution < -0.4 is 14.2 Å². The van der Waals surface area contributed by atoms with Gasteiger partial charge in [0.1, 0.15) is 11.5 Å². The van der Waals surface area contributed by atoms with Crippen molar-refractivity contribution in [2.45, 2.75) is 38.5 Å². The molecule has 0 saturated carbocycles. The zero-order valence-electron chi connectivity index (χ0n) is 19.6. The largest absolute Gasteiger partial charge is 0.586 e. The second-order valence-corrected chi connectivity index (χ2v) is 8.61. The number of para-hydroxylation sites is 1. The van der Waals surface area contributed by atoms with E-state index in [1.165, 1.54) is 6.07 Å². The molecule has 1 aromatic carbocycles. The van der Waals surface area contributed by atoms with Gasteiger partial charge >= 0.3 is 6.29 Å². The molecule has 36 heavy (non-hydrogen) atoms. The molecule has 0 saturated heterocycles. The minimum absolute atomic E-state index is 0.0311. The van der Waals surface area contributed by atoms with Crippen molar-refractivity contribution < 1.29 is 23.0 Å². The van der Waals surface area contributed by atoms with Gasteiger partial charge in [0.05, 0.1) is 24.8 Å². The van der Waals surface area contributed by atoms with Crippen molar-refractivity contribution in [3.8, 4) is 23.1 Å². The minimum Gasteiger partial charge on any atom is -0.479 e. The molecule has 4 aromatic rings. The highest BCUT2D eigenvalue weighted by molar-refractivity contribution is 5.66. The highest BCUT2D eigenvalue weighted by atomic mass is 19.3. The Kier molecular flexibility index (Phi) is 5.20. The minimum atomic E-state index is -3.67. The molecule has 184 valence electrons. The fourth-order valence-corrected chi connectivity index (χ4v) is 4.60. The van der Waals surface area contributed by atoms with E-state index in [1.807, 2.05) is 34.5 Å². The maximum absolute atomic E-state index is 13.7. The SMILES string of the molecule is COc1nc(C=Cc2nc3n(n2)CCC[C@@H]3c2cccc3c2OC(F)(F)O3)ccc1-n1cnc(C)c1. The van der Waals surface area contributed by atoms with Crippen LogP contribution in [0.1, 0.15) is 47.4 Å². The van der Waals surface area contributed by atoms with Gasteiger partial charge in [0.2, 0.25) is 5.88 Å². The molecule has 3 aromatic heterocycles. The van der Waals surface area contributed by atoms with E-state index in [-0.39, 0.29) is 17.4 Å². The average Bonchev–Trinajstić information content (AvgIpc) is 3.57. The summed E-state index contributed by atoms with van der Waals surface area (Å²) >= 11 is 0. The van der Waals surface area contributed by atoms with Gasteiger partial charge < -0.3 is 18.8 Å². The van der Waals surface area contributed by atoms with Gasteiger partial charge in [0.15, 0.2) is 17.3 Å². The van der Waals surface area contributed by atoms with Crippen LogP contribution in [-0.2, 0) is 6.54 Å². The molecule has 0 bridgehead atoms. The highest BCUT2D eigenvalue weighted by Crippen LogP contribution is 2.48. The molecule has 2 aliphatic heterocycles. The number of nitrogens with zero attached hydrogens (tertiary/aromatic N) is 6. The average molecular weight is 492 g/mol. The topological polar surface area (TPSA) is 89.1 Å². The van der Waals surface area contributed by atoms with Crippen LogP contribution >= 0.6 is 0 Å². The Bertz CT molecular complexity index is 1480. The maximum atomic E-state index is 13.7. The van der Waals surface area contributed by atoms with Gasteiger partial charge in [-0.15, -0.1) is 8.78 Å². The number of hydrogen-bond donors (Lipinski definition) is 0. The molecule has 5 heterocycles. The van der Waals surface area contributed by atoms with Gasteiger partial charge in [-0.1, -0.05) is 12.1 Å². The molecule has 6 rings (SSSR count). The number of benzene rings is 1. The number of hydrogen-bond acceptors (Lipinski definition) is 7. The number of ether oxygens (including phenoxy) is 3. The van der Waals surface area contributed by atoms with E-state index in [0.717, 1.165) is 24.2 Å². The van der Waals surface area contributed by atoms with E-state index >= 15 is 0 Å². The van der Waals surface area contributed by atoms with Crippen molar-refractivity contribution in [3.63, 3.8) is 0 Å². The van der Waals surface area contributed by atoms with Crippen molar-refractivity contribution in [3.05, 3.63) is 71.5 Å². The number of rotatable bonds is 5. The Labute approximate surface area is 205 Å². The zero-order valence-corrected chi connectivity index (χ0v) is 19.6. The van der Waals surface area contributed by atoms with E-state index in [0.29, 0.717) is 35.3 Å². The summed E-state index contributed by atoms with van der Waals surface area (Å²) in [6.45, 7) is 2.61. The molecule has 0 radical (unpaired) electrons. The number of aromatic nitrogens is 6. The Morgan fingerprint density at radius 2 is 2.03 bits per heavy atom. The summed E-state index contributed by atoms with van der Waals surface area (Å²) in [5.74, 6) is 1.52. The normalized spacial score (nSPS) is 17.9. The lowest BCUT2D eigenvalue weighted by molar-refractivity contribution is -0.287. The zero-order chi connectivity index (χ0) is 24.9. The first-order chi connectivity index (χ1) is 17.4. The van der Waals surface area contributed by atoms with Crippen molar-refractivity contribution >= 4 is 12.2 Å². The summed E-state index contributed by atoms with van der Waals surface area (Å²) in [5, 5.41) is 4.60. The van der Waals surface area contributed by atoms with Crippen LogP contribution in [0.2, 0.25) is 0 Å². The molecular weight excluding hydrogens is 470 g/mol. The van der Waals surface area contributed by atoms with Crippen LogP contribution in [0.3, 0.4) is 0 Å². The molecule has 0 spiro atoms. The Morgan fingerprint density at radius 1 is 1.14 bits per heavy atom. The molecule has 0 aliphatic carbocycles. The van der Waals surface area contributed by atoms with Crippen molar-refractivity contribution in [2.24, 2.45) is 0 Å². The van der Waals surface area contributed by atoms with Gasteiger partial charge in [-0.05, 0) is 50.1 Å². The van der Waals surface area contributed by atoms with E-state index < -0.39 is 6.29 Å². The highest BCUT2D eigenvalue weighted by Gasteiger charge is 2.45. The smallest absolute Gasteiger partial charge is 0.479 e. The van der Waals surface area contributed by atoms with Gasteiger partial charge in [-0.25, -0.2) is 19.6 Å². The fourth-order valence-electron chi connectivity index (χ4n) is 4.60. The first kappa shape index (κ1) is 22.2. The third kappa shape index (κ3) is 3.96. The lowest BCUT2D eigenvalue weighted by Crippen LogP contribution is -2.26. The summed E-state index contributed by atoms with van der Waals surface area (Å²) in [6, 6.07) is 8.70. The number of methoxy groups -OCH3 is 1. The van der Waals surface area contributed by atoms with Gasteiger partial charge in [0.25, 0.3) is 0 Å². The number of aryl methyl sites for hydroxylation is 2. The quantitative estimate of drug-likeness (QED) is 0.403. The number of imidazole rings is 1. The van der Waals surface area contributed by atoms with Crippen LogP contribution in [0.5, 0.6) is 17.4 Å². The lowest BCUT2D eigenvalue weighted by atomic mass is 9.90. The molecule has 0 fully saturated rings. The van der Waals surface area contributed by atoms with Gasteiger partial charge in [-0.2, -0.15) is 5.10 Å². The molecule has 11 heteroatoms. The lowest BCUT2D eigenvalue weighted by Gasteiger charge is -2.23. The second kappa shape index (κ2) is 8.43. The number of pyridine rings is 1. The summed E-state index contributed by atoms with van der Waals surface area (Å²) < 4.78 is 46.0. The van der Waals surface area contributed by atoms with Crippen LogP contribution in [0.15, 0.2) is 42.9 Å². The van der Waals surface area contributed by atoms with Crippen LogP contribution in [0.25, 0.3) is 17.8 Å². The van der Waals surface area contributed by atoms with E-state index in [1.54, 1.807) is 37.7 Å². The van der Waals surface area contributed by atoms with E-state index in [2.05, 4.69) is 19.8 Å². The number of alkyl halides is 2. The van der Waals surface area contributed by atoms with E-state index in [4.69, 9.17) is 14.5 Å². The Morgan fingerprint density at radius 3 is 2.83 bits per heavy atom. The molecule has 0 N–H and O–H groups in total. The van der Waals surface area contributed by atoms with Crippen molar-refractivity contribution in [1.82, 2.24) is 29.3 Å².